The molecular formula is C21H22ClN3O4S. The number of nitrogens with zero attached hydrogens (tertiary/aromatic N) is 3. The van der Waals surface area contributed by atoms with E-state index in [1.54, 1.807) is 18.2 Å². The zero-order valence-corrected chi connectivity index (χ0v) is 18.3. The highest BCUT2D eigenvalue weighted by Gasteiger charge is 2.34. The molecule has 0 unspecified atom stereocenters. The van der Waals surface area contributed by atoms with E-state index in [-0.39, 0.29) is 10.8 Å². The molecule has 1 fully saturated rings. The van der Waals surface area contributed by atoms with Crippen molar-refractivity contribution in [1.29, 1.82) is 0 Å². The van der Waals surface area contributed by atoms with Crippen LogP contribution in [0.15, 0.2) is 51.9 Å². The summed E-state index contributed by atoms with van der Waals surface area (Å²) in [5.74, 6) is 1.30. The third kappa shape index (κ3) is 3.95. The molecular weight excluding hydrogens is 426 g/mol. The lowest BCUT2D eigenvalue weighted by Crippen LogP contribution is -2.38. The molecule has 1 aliphatic rings. The van der Waals surface area contributed by atoms with Crippen LogP contribution in [0.2, 0.25) is 5.02 Å². The molecule has 158 valence electrons. The van der Waals surface area contributed by atoms with Crippen LogP contribution in [0.1, 0.15) is 30.2 Å². The van der Waals surface area contributed by atoms with Crippen LogP contribution in [0, 0.1) is 6.92 Å². The maximum absolute atomic E-state index is 13.2. The minimum Gasteiger partial charge on any atom is -0.495 e. The van der Waals surface area contributed by atoms with Crippen LogP contribution in [0.5, 0.6) is 5.75 Å². The first-order valence-corrected chi connectivity index (χ1v) is 11.4. The number of hydrogen-bond donors (Lipinski definition) is 0. The van der Waals surface area contributed by atoms with Crippen LogP contribution in [0.25, 0.3) is 11.4 Å². The van der Waals surface area contributed by atoms with Crippen molar-refractivity contribution in [2.75, 3.05) is 20.2 Å². The van der Waals surface area contributed by atoms with Gasteiger partial charge in [0, 0.05) is 24.6 Å². The average molecular weight is 448 g/mol. The Kier molecular flexibility index (Phi) is 5.81. The molecule has 9 heteroatoms. The minimum atomic E-state index is -3.65. The fourth-order valence-corrected chi connectivity index (χ4v) is 5.55. The third-order valence-corrected chi connectivity index (χ3v) is 7.55. The summed E-state index contributed by atoms with van der Waals surface area (Å²) in [6.07, 6.45) is 1.19. The lowest BCUT2D eigenvalue weighted by Gasteiger charge is -2.30. The molecule has 0 aliphatic carbocycles. The molecule has 1 aromatic heterocycles. The number of halogens is 1. The van der Waals surface area contributed by atoms with E-state index in [2.05, 4.69) is 10.1 Å². The van der Waals surface area contributed by atoms with Crippen molar-refractivity contribution < 1.29 is 17.7 Å². The second kappa shape index (κ2) is 8.37. The number of sulfonamides is 1. The molecule has 30 heavy (non-hydrogen) atoms. The monoisotopic (exact) mass is 447 g/mol. The zero-order valence-electron chi connectivity index (χ0n) is 16.7. The van der Waals surface area contributed by atoms with Crippen LogP contribution >= 0.6 is 11.6 Å². The largest absolute Gasteiger partial charge is 0.495 e. The molecule has 0 bridgehead atoms. The van der Waals surface area contributed by atoms with Crippen molar-refractivity contribution in [3.63, 3.8) is 0 Å². The summed E-state index contributed by atoms with van der Waals surface area (Å²) < 4.78 is 38.6. The Bertz CT molecular complexity index is 1150. The van der Waals surface area contributed by atoms with Crippen LogP contribution in [0.4, 0.5) is 0 Å². The number of methoxy groups -OCH3 is 1. The van der Waals surface area contributed by atoms with Crippen molar-refractivity contribution in [2.24, 2.45) is 0 Å². The van der Waals surface area contributed by atoms with E-state index in [4.69, 9.17) is 20.9 Å². The van der Waals surface area contributed by atoms with E-state index in [1.807, 2.05) is 31.2 Å². The lowest BCUT2D eigenvalue weighted by atomic mass is 9.98. The molecule has 4 rings (SSSR count). The molecule has 1 aliphatic heterocycles. The van der Waals surface area contributed by atoms with Gasteiger partial charge in [0.1, 0.15) is 10.6 Å². The summed E-state index contributed by atoms with van der Waals surface area (Å²) in [6.45, 7) is 2.60. The highest BCUT2D eigenvalue weighted by atomic mass is 35.5. The van der Waals surface area contributed by atoms with Gasteiger partial charge in [-0.1, -0.05) is 35.0 Å². The first kappa shape index (κ1) is 20.8. The summed E-state index contributed by atoms with van der Waals surface area (Å²) in [6, 6.07) is 12.5. The van der Waals surface area contributed by atoms with Crippen molar-refractivity contribution in [3.05, 3.63) is 58.9 Å². The Labute approximate surface area is 180 Å². The van der Waals surface area contributed by atoms with Crippen LogP contribution in [-0.2, 0) is 10.0 Å². The first-order valence-electron chi connectivity index (χ1n) is 9.63. The molecule has 0 saturated carbocycles. The van der Waals surface area contributed by atoms with Gasteiger partial charge in [-0.2, -0.15) is 9.29 Å². The maximum Gasteiger partial charge on any atom is 0.246 e. The maximum atomic E-state index is 13.2. The van der Waals surface area contributed by atoms with E-state index in [0.717, 1.165) is 5.56 Å². The lowest BCUT2D eigenvalue weighted by molar-refractivity contribution is 0.270. The second-order valence-corrected chi connectivity index (χ2v) is 9.58. The molecule has 1 saturated heterocycles. The number of hydrogen-bond acceptors (Lipinski definition) is 6. The SMILES string of the molecule is COc1ccc(C)cc1S(=O)(=O)N1CCC(c2nc(-c3ccccc3Cl)no2)CC1. The van der Waals surface area contributed by atoms with E-state index in [9.17, 15) is 8.42 Å². The topological polar surface area (TPSA) is 85.5 Å². The van der Waals surface area contributed by atoms with Crippen LogP contribution in [0.3, 0.4) is 0 Å². The smallest absolute Gasteiger partial charge is 0.246 e. The molecule has 0 radical (unpaired) electrons. The van der Waals surface area contributed by atoms with Crippen LogP contribution in [-0.4, -0.2) is 43.1 Å². The quantitative estimate of drug-likeness (QED) is 0.580. The Morgan fingerprint density at radius 1 is 1.17 bits per heavy atom. The molecule has 3 aromatic rings. The van der Waals surface area contributed by atoms with Gasteiger partial charge in [-0.15, -0.1) is 0 Å². The Morgan fingerprint density at radius 2 is 1.90 bits per heavy atom. The van der Waals surface area contributed by atoms with E-state index >= 15 is 0 Å². The van der Waals surface area contributed by atoms with E-state index < -0.39 is 10.0 Å². The van der Waals surface area contributed by atoms with Crippen molar-refractivity contribution in [3.8, 4) is 17.1 Å². The number of benzene rings is 2. The summed E-state index contributed by atoms with van der Waals surface area (Å²) in [7, 11) is -2.18. The molecule has 2 aromatic carbocycles. The molecule has 7 nitrogen and oxygen atoms in total. The highest BCUT2D eigenvalue weighted by molar-refractivity contribution is 7.89. The van der Waals surface area contributed by atoms with Gasteiger partial charge >= 0.3 is 0 Å². The van der Waals surface area contributed by atoms with Gasteiger partial charge in [-0.3, -0.25) is 0 Å². The van der Waals surface area contributed by atoms with E-state index in [0.29, 0.717) is 54.0 Å². The normalized spacial score (nSPS) is 16.0. The summed E-state index contributed by atoms with van der Waals surface area (Å²) in [5.41, 5.74) is 1.57. The average Bonchev–Trinajstić information content (AvgIpc) is 3.24. The fourth-order valence-electron chi connectivity index (χ4n) is 3.62. The molecule has 0 amide bonds. The van der Waals surface area contributed by atoms with Crippen molar-refractivity contribution in [1.82, 2.24) is 14.4 Å². The molecule has 0 atom stereocenters. The molecule has 2 heterocycles. The second-order valence-electron chi connectivity index (χ2n) is 7.27. The van der Waals surface area contributed by atoms with Gasteiger partial charge < -0.3 is 9.26 Å². The number of aryl methyl sites for hydroxylation is 1. The molecule has 0 N–H and O–H groups in total. The van der Waals surface area contributed by atoms with Gasteiger partial charge in [0.15, 0.2) is 0 Å². The summed E-state index contributed by atoms with van der Waals surface area (Å²) >= 11 is 6.21. The Hall–Kier alpha value is -2.42. The van der Waals surface area contributed by atoms with Gasteiger partial charge in [-0.05, 0) is 49.6 Å². The van der Waals surface area contributed by atoms with Gasteiger partial charge in [-0.25, -0.2) is 8.42 Å². The Balaban J connectivity index is 1.50. The predicted molar refractivity (Wildman–Crippen MR) is 113 cm³/mol. The first-order chi connectivity index (χ1) is 14.4. The van der Waals surface area contributed by atoms with E-state index in [1.165, 1.54) is 11.4 Å². The summed E-state index contributed by atoms with van der Waals surface area (Å²) in [4.78, 5) is 4.70. The summed E-state index contributed by atoms with van der Waals surface area (Å²) in [5, 5.41) is 4.60. The van der Waals surface area contributed by atoms with Gasteiger partial charge in [0.05, 0.1) is 12.1 Å². The molecule has 0 spiro atoms. The van der Waals surface area contributed by atoms with Gasteiger partial charge in [0.2, 0.25) is 21.7 Å². The number of piperidine rings is 1. The third-order valence-electron chi connectivity index (χ3n) is 5.30. The van der Waals surface area contributed by atoms with Crippen LogP contribution < -0.4 is 4.74 Å². The highest BCUT2D eigenvalue weighted by Crippen LogP contribution is 2.34. The van der Waals surface area contributed by atoms with Crippen molar-refractivity contribution in [2.45, 2.75) is 30.6 Å². The van der Waals surface area contributed by atoms with Gasteiger partial charge in [0.25, 0.3) is 0 Å². The minimum absolute atomic E-state index is 0.000377. The standard InChI is InChI=1S/C21H22ClN3O4S/c1-14-7-8-18(28-2)19(13-14)30(26,27)25-11-9-15(10-12-25)21-23-20(24-29-21)16-5-3-4-6-17(16)22/h3-8,13,15H,9-12H2,1-2H3. The number of ether oxygens (including phenoxy) is 1. The number of rotatable bonds is 5. The number of aromatic nitrogens is 2. The zero-order chi connectivity index (χ0) is 21.3. The predicted octanol–water partition coefficient (Wildman–Crippen LogP) is 4.28. The Morgan fingerprint density at radius 3 is 2.60 bits per heavy atom. The van der Waals surface area contributed by atoms with Crippen molar-refractivity contribution >= 4 is 21.6 Å². The fraction of sp³-hybridized carbons (Fsp3) is 0.333.